The number of aliphatic hydroxyl groups is 1. The minimum atomic E-state index is -2.06. The Morgan fingerprint density at radius 1 is 0.535 bits per heavy atom. The van der Waals surface area contributed by atoms with Crippen molar-refractivity contribution in [2.75, 3.05) is 6.61 Å². The van der Waals surface area contributed by atoms with E-state index in [0.29, 0.717) is 24.3 Å². The molecule has 3 aromatic carbocycles. The number of esters is 3. The van der Waals surface area contributed by atoms with Gasteiger partial charge in [0.1, 0.15) is 0 Å². The number of rotatable bonds is 6. The number of ether oxygens (including phenoxy) is 4. The fraction of sp³-hybridized carbons (Fsp3) is 0.192. The Morgan fingerprint density at radius 3 is 1.19 bits per heavy atom. The topological polar surface area (TPSA) is 290 Å². The third-order valence-corrected chi connectivity index (χ3v) is 6.06. The number of hydrogen-bond acceptors (Lipinski definition) is 17. The van der Waals surface area contributed by atoms with Crippen LogP contribution in [0.15, 0.2) is 36.4 Å². The number of hydrogen-bond donors (Lipinski definition) is 10. The van der Waals surface area contributed by atoms with E-state index in [0.717, 1.165) is 12.1 Å². The molecule has 1 fully saturated rings. The van der Waals surface area contributed by atoms with Gasteiger partial charge in [0.2, 0.25) is 0 Å². The summed E-state index contributed by atoms with van der Waals surface area (Å²) < 4.78 is 20.9. The molecule has 1 aliphatic heterocycles. The van der Waals surface area contributed by atoms with Crippen molar-refractivity contribution in [1.82, 2.24) is 0 Å². The highest BCUT2D eigenvalue weighted by Gasteiger charge is 2.47. The summed E-state index contributed by atoms with van der Waals surface area (Å²) in [5.41, 5.74) is -1.64. The van der Waals surface area contributed by atoms with Crippen molar-refractivity contribution in [1.29, 1.82) is 0 Å². The maximum absolute atomic E-state index is 13.0. The molecule has 0 bridgehead atoms. The van der Waals surface area contributed by atoms with Crippen molar-refractivity contribution in [3.63, 3.8) is 0 Å². The molecule has 4 rings (SSSR count). The number of phenols is 9. The summed E-state index contributed by atoms with van der Waals surface area (Å²) in [6.07, 6.45) is -7.71. The second kappa shape index (κ2) is 11.6. The van der Waals surface area contributed by atoms with Crippen molar-refractivity contribution in [3.8, 4) is 51.7 Å². The van der Waals surface area contributed by atoms with E-state index in [1.54, 1.807) is 0 Å². The van der Waals surface area contributed by atoms with Crippen molar-refractivity contribution < 1.29 is 84.4 Å². The zero-order valence-corrected chi connectivity index (χ0v) is 21.3. The molecule has 1 saturated heterocycles. The molecule has 0 amide bonds. The number of carbonyl (C=O) groups excluding carboxylic acids is 3. The molecule has 0 spiro atoms. The van der Waals surface area contributed by atoms with Gasteiger partial charge in [0.15, 0.2) is 76.3 Å². The van der Waals surface area contributed by atoms with Gasteiger partial charge in [-0.25, -0.2) is 14.4 Å². The molecule has 0 aromatic heterocycles. The van der Waals surface area contributed by atoms with Crippen LogP contribution in [0.3, 0.4) is 0 Å². The van der Waals surface area contributed by atoms with E-state index < -0.39 is 118 Å². The van der Waals surface area contributed by atoms with Crippen molar-refractivity contribution in [3.05, 3.63) is 53.1 Å². The molecular weight excluding hydrogens is 584 g/mol. The molecule has 0 unspecified atom stereocenters. The molecule has 228 valence electrons. The maximum atomic E-state index is 13.0. The second-order valence-corrected chi connectivity index (χ2v) is 9.00. The van der Waals surface area contributed by atoms with E-state index in [1.807, 2.05) is 0 Å². The lowest BCUT2D eigenvalue weighted by Crippen LogP contribution is -2.57. The lowest BCUT2D eigenvalue weighted by molar-refractivity contribution is -0.251. The van der Waals surface area contributed by atoms with Crippen molar-refractivity contribution in [2.24, 2.45) is 0 Å². The molecule has 0 saturated carbocycles. The summed E-state index contributed by atoms with van der Waals surface area (Å²) in [6, 6.07) is 4.22. The van der Waals surface area contributed by atoms with E-state index in [2.05, 4.69) is 0 Å². The first kappa shape index (κ1) is 30.2. The molecule has 1 aliphatic rings. The van der Waals surface area contributed by atoms with Gasteiger partial charge in [-0.15, -0.1) is 0 Å². The molecule has 4 atom stereocenters. The van der Waals surface area contributed by atoms with E-state index in [9.17, 15) is 65.4 Å². The van der Waals surface area contributed by atoms with Gasteiger partial charge in [-0.05, 0) is 36.4 Å². The monoisotopic (exact) mass is 606 g/mol. The number of phenolic OH excluding ortho intramolecular Hbond substituents is 9. The van der Waals surface area contributed by atoms with Crippen LogP contribution in [0.25, 0.3) is 0 Å². The van der Waals surface area contributed by atoms with Crippen LogP contribution >= 0.6 is 0 Å². The quantitative estimate of drug-likeness (QED) is 0.103. The SMILES string of the molecule is O=C(O[C@@H]1[C@@H](OC(=O)c2cc(O)c(O)c(O)c2)[C@@H](O)OC[C@@H]1OC(=O)c1cc(O)c(O)c(O)c1)c1cc(O)c(O)c(O)c1. The molecule has 3 aromatic rings. The van der Waals surface area contributed by atoms with Gasteiger partial charge >= 0.3 is 17.9 Å². The van der Waals surface area contributed by atoms with E-state index >= 15 is 0 Å². The molecule has 1 heterocycles. The fourth-order valence-corrected chi connectivity index (χ4v) is 3.88. The minimum Gasteiger partial charge on any atom is -0.504 e. The van der Waals surface area contributed by atoms with E-state index in [4.69, 9.17) is 18.9 Å². The Kier molecular flexibility index (Phi) is 8.13. The second-order valence-electron chi connectivity index (χ2n) is 9.00. The Morgan fingerprint density at radius 2 is 0.837 bits per heavy atom. The van der Waals surface area contributed by atoms with E-state index in [1.165, 1.54) is 0 Å². The maximum Gasteiger partial charge on any atom is 0.339 e. The molecule has 17 heteroatoms. The molecule has 17 nitrogen and oxygen atoms in total. The predicted molar refractivity (Wildman–Crippen MR) is 134 cm³/mol. The van der Waals surface area contributed by atoms with Gasteiger partial charge in [0.25, 0.3) is 0 Å². The van der Waals surface area contributed by atoms with Crippen LogP contribution in [0, 0.1) is 0 Å². The summed E-state index contributed by atoms with van der Waals surface area (Å²) in [7, 11) is 0. The molecular formula is C26H22O17. The van der Waals surface area contributed by atoms with Crippen molar-refractivity contribution in [2.45, 2.75) is 24.6 Å². The average Bonchev–Trinajstić information content (AvgIpc) is 2.95. The van der Waals surface area contributed by atoms with Gasteiger partial charge in [-0.1, -0.05) is 0 Å². The summed E-state index contributed by atoms with van der Waals surface area (Å²) in [5.74, 6) is -12.4. The summed E-state index contributed by atoms with van der Waals surface area (Å²) in [4.78, 5) is 38.6. The highest BCUT2D eigenvalue weighted by atomic mass is 16.7. The molecule has 0 radical (unpaired) electrons. The Bertz CT molecular complexity index is 1530. The third-order valence-electron chi connectivity index (χ3n) is 6.06. The fourth-order valence-electron chi connectivity index (χ4n) is 3.88. The average molecular weight is 606 g/mol. The number of benzene rings is 3. The van der Waals surface area contributed by atoms with Crippen molar-refractivity contribution >= 4 is 17.9 Å². The van der Waals surface area contributed by atoms with Gasteiger partial charge in [0.05, 0.1) is 23.3 Å². The Balaban J connectivity index is 1.68. The van der Waals surface area contributed by atoms with E-state index in [-0.39, 0.29) is 0 Å². The zero-order chi connectivity index (χ0) is 31.7. The predicted octanol–water partition coefficient (Wildman–Crippen LogP) is 0.362. The number of carbonyl (C=O) groups is 3. The Labute approximate surface area is 238 Å². The highest BCUT2D eigenvalue weighted by Crippen LogP contribution is 2.38. The van der Waals surface area contributed by atoms with Crippen LogP contribution < -0.4 is 0 Å². The summed E-state index contributed by atoms with van der Waals surface area (Å²) in [6.45, 7) is -0.707. The summed E-state index contributed by atoms with van der Waals surface area (Å²) >= 11 is 0. The van der Waals surface area contributed by atoms with Gasteiger partial charge in [-0.2, -0.15) is 0 Å². The van der Waals surface area contributed by atoms with Crippen LogP contribution in [0.1, 0.15) is 31.1 Å². The lowest BCUT2D eigenvalue weighted by Gasteiger charge is -2.38. The lowest BCUT2D eigenvalue weighted by atomic mass is 10.0. The largest absolute Gasteiger partial charge is 0.504 e. The first-order valence-corrected chi connectivity index (χ1v) is 11.8. The standard InChI is InChI=1S/C26H22O17/c27-11-1-8(2-12(28)18(11)33)23(36)41-17-7-40-26(39)22(43-25(38)10-5-15(31)20(35)16(32)6-10)21(17)42-24(37)9-3-13(29)19(34)14(30)4-9/h1-6,17,21-22,26-35,39H,7H2/t17-,21-,22+,26-/m0/s1. The summed E-state index contributed by atoms with van der Waals surface area (Å²) in [5, 5.41) is 97.5. The van der Waals surface area contributed by atoms with Crippen LogP contribution in [0.2, 0.25) is 0 Å². The normalized spacial score (nSPS) is 19.7. The first-order chi connectivity index (χ1) is 20.2. The third kappa shape index (κ3) is 6.11. The van der Waals surface area contributed by atoms with Gasteiger partial charge in [-0.3, -0.25) is 0 Å². The zero-order valence-electron chi connectivity index (χ0n) is 21.3. The minimum absolute atomic E-state index is 0.513. The van der Waals surface area contributed by atoms with Gasteiger partial charge in [0, 0.05) is 0 Å². The smallest absolute Gasteiger partial charge is 0.339 e. The number of aliphatic hydroxyl groups excluding tert-OH is 1. The first-order valence-electron chi connectivity index (χ1n) is 11.8. The highest BCUT2D eigenvalue weighted by molar-refractivity contribution is 5.93. The molecule has 0 aliphatic carbocycles. The molecule has 43 heavy (non-hydrogen) atoms. The van der Waals surface area contributed by atoms with Crippen LogP contribution in [-0.4, -0.2) is 100 Å². The van der Waals surface area contributed by atoms with Crippen LogP contribution in [-0.2, 0) is 18.9 Å². The van der Waals surface area contributed by atoms with Crippen LogP contribution in [0.5, 0.6) is 51.7 Å². The van der Waals surface area contributed by atoms with Crippen LogP contribution in [0.4, 0.5) is 0 Å². The number of aromatic hydroxyl groups is 9. The Hall–Kier alpha value is -5.81. The van der Waals surface area contributed by atoms with Gasteiger partial charge < -0.3 is 70.0 Å². The molecule has 10 N–H and O–H groups in total.